The van der Waals surface area contributed by atoms with Gasteiger partial charge >= 0.3 is 5.97 Å². The van der Waals surface area contributed by atoms with Gasteiger partial charge in [-0.15, -0.1) is 0 Å². The van der Waals surface area contributed by atoms with Crippen molar-refractivity contribution in [3.05, 3.63) is 29.3 Å². The summed E-state index contributed by atoms with van der Waals surface area (Å²) in [5.41, 5.74) is 7.72. The molecule has 0 spiro atoms. The first-order valence-electron chi connectivity index (χ1n) is 5.81. The lowest BCUT2D eigenvalue weighted by Crippen LogP contribution is -2.22. The van der Waals surface area contributed by atoms with Gasteiger partial charge in [0.1, 0.15) is 0 Å². The first-order valence-corrected chi connectivity index (χ1v) is 5.81. The van der Waals surface area contributed by atoms with Crippen LogP contribution in [0.3, 0.4) is 0 Å². The molecule has 0 heterocycles. The number of carbonyl (C=O) groups is 1. The molecule has 4 heteroatoms. The first-order chi connectivity index (χ1) is 8.12. The van der Waals surface area contributed by atoms with E-state index in [1.165, 1.54) is 7.11 Å². The predicted octanol–water partition coefficient (Wildman–Crippen LogP) is 1.90. The van der Waals surface area contributed by atoms with Crippen LogP contribution in [0.15, 0.2) is 18.2 Å². The maximum absolute atomic E-state index is 11.5. The standard InChI is InChI=1S/C13H20N2O2/c1-4-15(5-2)9-10-6-7-12(14)11(8-10)13(16)17-3/h6-8H,4-5,9,14H2,1-3H3. The normalized spacial score (nSPS) is 10.6. The molecule has 2 N–H and O–H groups in total. The molecule has 0 radical (unpaired) electrons. The molecule has 94 valence electrons. The van der Waals surface area contributed by atoms with Crippen LogP contribution in [0.4, 0.5) is 5.69 Å². The van der Waals surface area contributed by atoms with Crippen molar-refractivity contribution in [2.45, 2.75) is 20.4 Å². The summed E-state index contributed by atoms with van der Waals surface area (Å²) in [6, 6.07) is 5.50. The van der Waals surface area contributed by atoms with Crippen LogP contribution >= 0.6 is 0 Å². The second-order valence-electron chi connectivity index (χ2n) is 3.87. The molecule has 0 saturated carbocycles. The van der Waals surface area contributed by atoms with Crippen molar-refractivity contribution in [3.8, 4) is 0 Å². The third kappa shape index (κ3) is 3.46. The van der Waals surface area contributed by atoms with E-state index in [9.17, 15) is 4.79 Å². The number of esters is 1. The van der Waals surface area contributed by atoms with Crippen molar-refractivity contribution >= 4 is 11.7 Å². The summed E-state index contributed by atoms with van der Waals surface area (Å²) in [6.07, 6.45) is 0. The van der Waals surface area contributed by atoms with Gasteiger partial charge in [0.15, 0.2) is 0 Å². The number of nitrogens with two attached hydrogens (primary N) is 1. The van der Waals surface area contributed by atoms with Crippen molar-refractivity contribution in [1.29, 1.82) is 0 Å². The summed E-state index contributed by atoms with van der Waals surface area (Å²) >= 11 is 0. The minimum atomic E-state index is -0.385. The number of carbonyl (C=O) groups excluding carboxylic acids is 1. The van der Waals surface area contributed by atoms with E-state index in [4.69, 9.17) is 10.5 Å². The smallest absolute Gasteiger partial charge is 0.339 e. The summed E-state index contributed by atoms with van der Waals surface area (Å²) in [5, 5.41) is 0. The Morgan fingerprint density at radius 1 is 1.35 bits per heavy atom. The first kappa shape index (κ1) is 13.5. The molecule has 0 saturated heterocycles. The minimum absolute atomic E-state index is 0.385. The Bertz CT molecular complexity index is 387. The van der Waals surface area contributed by atoms with Crippen molar-refractivity contribution in [3.63, 3.8) is 0 Å². The minimum Gasteiger partial charge on any atom is -0.465 e. The van der Waals surface area contributed by atoms with Crippen molar-refractivity contribution in [1.82, 2.24) is 4.90 Å². The molecular formula is C13H20N2O2. The highest BCUT2D eigenvalue weighted by Gasteiger charge is 2.11. The lowest BCUT2D eigenvalue weighted by molar-refractivity contribution is 0.0601. The number of nitrogens with zero attached hydrogens (tertiary/aromatic N) is 1. The highest BCUT2D eigenvalue weighted by atomic mass is 16.5. The molecule has 1 aromatic rings. The molecule has 0 fully saturated rings. The second kappa shape index (κ2) is 6.25. The number of hydrogen-bond acceptors (Lipinski definition) is 4. The number of rotatable bonds is 5. The molecule has 0 aromatic heterocycles. The number of methoxy groups -OCH3 is 1. The van der Waals surface area contributed by atoms with Gasteiger partial charge in [0.05, 0.1) is 12.7 Å². The average Bonchev–Trinajstić information content (AvgIpc) is 2.36. The van der Waals surface area contributed by atoms with Crippen LogP contribution in [0.2, 0.25) is 0 Å². The van der Waals surface area contributed by atoms with Crippen molar-refractivity contribution < 1.29 is 9.53 Å². The molecular weight excluding hydrogens is 216 g/mol. The van der Waals surface area contributed by atoms with Crippen LogP contribution < -0.4 is 5.73 Å². The summed E-state index contributed by atoms with van der Waals surface area (Å²) in [7, 11) is 1.36. The van der Waals surface area contributed by atoms with Crippen LogP contribution in [0.5, 0.6) is 0 Å². The Balaban J connectivity index is 2.92. The molecule has 17 heavy (non-hydrogen) atoms. The van der Waals surface area contributed by atoms with Gasteiger partial charge in [-0.05, 0) is 30.8 Å². The molecule has 0 bridgehead atoms. The van der Waals surface area contributed by atoms with E-state index in [1.807, 2.05) is 6.07 Å². The van der Waals surface area contributed by atoms with Gasteiger partial charge in [0.2, 0.25) is 0 Å². The molecule has 4 nitrogen and oxygen atoms in total. The Morgan fingerprint density at radius 2 is 2.00 bits per heavy atom. The van der Waals surface area contributed by atoms with Crippen molar-refractivity contribution in [2.75, 3.05) is 25.9 Å². The third-order valence-corrected chi connectivity index (χ3v) is 2.82. The number of nitrogen functional groups attached to an aromatic ring is 1. The van der Waals surface area contributed by atoms with Gasteiger partial charge in [0.25, 0.3) is 0 Å². The van der Waals surface area contributed by atoms with E-state index < -0.39 is 0 Å². The van der Waals surface area contributed by atoms with E-state index in [1.54, 1.807) is 12.1 Å². The van der Waals surface area contributed by atoms with Gasteiger partial charge in [-0.25, -0.2) is 4.79 Å². The monoisotopic (exact) mass is 236 g/mol. The zero-order chi connectivity index (χ0) is 12.8. The molecule has 0 aliphatic carbocycles. The topological polar surface area (TPSA) is 55.6 Å². The Kier molecular flexibility index (Phi) is 4.97. The number of benzene rings is 1. The summed E-state index contributed by atoms with van der Waals surface area (Å²) in [5.74, 6) is -0.385. The Labute approximate surface area is 102 Å². The third-order valence-electron chi connectivity index (χ3n) is 2.82. The van der Waals surface area contributed by atoms with Gasteiger partial charge in [-0.2, -0.15) is 0 Å². The molecule has 1 rings (SSSR count). The molecule has 0 aliphatic heterocycles. The number of hydrogen-bond donors (Lipinski definition) is 1. The SMILES string of the molecule is CCN(CC)Cc1ccc(N)c(C(=O)OC)c1. The van der Waals surface area contributed by atoms with Gasteiger partial charge in [-0.1, -0.05) is 19.9 Å². The van der Waals surface area contributed by atoms with Gasteiger partial charge < -0.3 is 10.5 Å². The van der Waals surface area contributed by atoms with E-state index >= 15 is 0 Å². The highest BCUT2D eigenvalue weighted by molar-refractivity contribution is 5.95. The van der Waals surface area contributed by atoms with Crippen LogP contribution in [-0.2, 0) is 11.3 Å². The Hall–Kier alpha value is -1.55. The maximum atomic E-state index is 11.5. The van der Waals surface area contributed by atoms with Crippen molar-refractivity contribution in [2.24, 2.45) is 0 Å². The number of ether oxygens (including phenoxy) is 1. The number of anilines is 1. The average molecular weight is 236 g/mol. The fourth-order valence-electron chi connectivity index (χ4n) is 1.69. The van der Waals surface area contributed by atoms with Crippen LogP contribution in [0, 0.1) is 0 Å². The summed E-state index contributed by atoms with van der Waals surface area (Å²) < 4.78 is 4.70. The zero-order valence-electron chi connectivity index (χ0n) is 10.7. The molecule has 1 aromatic carbocycles. The lowest BCUT2D eigenvalue weighted by Gasteiger charge is -2.18. The zero-order valence-corrected chi connectivity index (χ0v) is 10.7. The fourth-order valence-corrected chi connectivity index (χ4v) is 1.69. The molecule has 0 aliphatic rings. The Morgan fingerprint density at radius 3 is 2.53 bits per heavy atom. The predicted molar refractivity (Wildman–Crippen MR) is 68.8 cm³/mol. The maximum Gasteiger partial charge on any atom is 0.339 e. The second-order valence-corrected chi connectivity index (χ2v) is 3.87. The van der Waals surface area contributed by atoms with E-state index in [-0.39, 0.29) is 5.97 Å². The summed E-state index contributed by atoms with van der Waals surface area (Å²) in [4.78, 5) is 13.8. The van der Waals surface area contributed by atoms with Crippen LogP contribution in [0.1, 0.15) is 29.8 Å². The fraction of sp³-hybridized carbons (Fsp3) is 0.462. The molecule has 0 atom stereocenters. The van der Waals surface area contributed by atoms with Crippen LogP contribution in [0.25, 0.3) is 0 Å². The largest absolute Gasteiger partial charge is 0.465 e. The van der Waals surface area contributed by atoms with Gasteiger partial charge in [0, 0.05) is 12.2 Å². The van der Waals surface area contributed by atoms with E-state index in [0.717, 1.165) is 25.2 Å². The van der Waals surface area contributed by atoms with Gasteiger partial charge in [-0.3, -0.25) is 4.90 Å². The molecule has 0 unspecified atom stereocenters. The lowest BCUT2D eigenvalue weighted by atomic mass is 10.1. The van der Waals surface area contributed by atoms with Crippen LogP contribution in [-0.4, -0.2) is 31.1 Å². The van der Waals surface area contributed by atoms with E-state index in [0.29, 0.717) is 11.3 Å². The van der Waals surface area contributed by atoms with E-state index in [2.05, 4.69) is 18.7 Å². The summed E-state index contributed by atoms with van der Waals surface area (Å²) in [6.45, 7) is 7.00. The highest BCUT2D eigenvalue weighted by Crippen LogP contribution is 2.16. The molecule has 0 amide bonds. The quantitative estimate of drug-likeness (QED) is 0.626.